The van der Waals surface area contributed by atoms with Crippen LogP contribution in [0.3, 0.4) is 0 Å². The van der Waals surface area contributed by atoms with E-state index in [0.29, 0.717) is 11.5 Å². The van der Waals surface area contributed by atoms with Crippen LogP contribution in [0.25, 0.3) is 11.3 Å². The molecule has 1 aliphatic heterocycles. The van der Waals surface area contributed by atoms with E-state index in [2.05, 4.69) is 54.6 Å². The minimum Gasteiger partial charge on any atom is -0.369 e. The van der Waals surface area contributed by atoms with Gasteiger partial charge in [0, 0.05) is 73.0 Å². The second-order valence-electron chi connectivity index (χ2n) is 8.95. The maximum atomic E-state index is 13.0. The summed E-state index contributed by atoms with van der Waals surface area (Å²) in [4.78, 5) is 30.8. The summed E-state index contributed by atoms with van der Waals surface area (Å²) in [7, 11) is 2.15. The van der Waals surface area contributed by atoms with E-state index in [0.717, 1.165) is 54.4 Å². The van der Waals surface area contributed by atoms with Crippen LogP contribution >= 0.6 is 0 Å². The molecule has 36 heavy (non-hydrogen) atoms. The van der Waals surface area contributed by atoms with Crippen molar-refractivity contribution in [2.75, 3.05) is 48.8 Å². The highest BCUT2D eigenvalue weighted by Crippen LogP contribution is 2.24. The van der Waals surface area contributed by atoms with Crippen LogP contribution in [0.5, 0.6) is 0 Å². The number of nitrogens with one attached hydrogen (secondary N) is 2. The number of likely N-dealkylation sites (N-methyl/N-ethyl adjacent to an activating group) is 1. The van der Waals surface area contributed by atoms with Crippen molar-refractivity contribution in [3.63, 3.8) is 0 Å². The number of anilines is 4. The molecule has 1 saturated heterocycles. The van der Waals surface area contributed by atoms with E-state index in [1.165, 1.54) is 5.69 Å². The highest BCUT2D eigenvalue weighted by atomic mass is 16.1. The molecule has 1 fully saturated rings. The van der Waals surface area contributed by atoms with Crippen LogP contribution < -0.4 is 15.5 Å². The van der Waals surface area contributed by atoms with Gasteiger partial charge in [0.25, 0.3) is 5.91 Å². The third-order valence-electron chi connectivity index (χ3n) is 6.35. The Bertz CT molecular complexity index is 1330. The van der Waals surface area contributed by atoms with E-state index in [1.807, 2.05) is 55.5 Å². The van der Waals surface area contributed by atoms with Crippen LogP contribution in [0.1, 0.15) is 15.9 Å². The number of amides is 1. The molecule has 1 amide bonds. The number of pyridine rings is 1. The summed E-state index contributed by atoms with van der Waals surface area (Å²) in [6.45, 7) is 6.11. The number of carbonyl (C=O) groups is 1. The molecule has 8 heteroatoms. The van der Waals surface area contributed by atoms with Gasteiger partial charge >= 0.3 is 0 Å². The predicted molar refractivity (Wildman–Crippen MR) is 144 cm³/mol. The summed E-state index contributed by atoms with van der Waals surface area (Å²) in [5.41, 5.74) is 5.93. The van der Waals surface area contributed by atoms with Crippen molar-refractivity contribution in [3.8, 4) is 11.3 Å². The lowest BCUT2D eigenvalue weighted by molar-refractivity contribution is 0.102. The van der Waals surface area contributed by atoms with Crippen LogP contribution in [0.2, 0.25) is 0 Å². The lowest BCUT2D eigenvalue weighted by atomic mass is 10.1. The van der Waals surface area contributed by atoms with Gasteiger partial charge in [0.2, 0.25) is 5.95 Å². The van der Waals surface area contributed by atoms with Crippen LogP contribution in [-0.2, 0) is 0 Å². The van der Waals surface area contributed by atoms with E-state index in [4.69, 9.17) is 0 Å². The molecule has 3 heterocycles. The molecule has 0 saturated carbocycles. The summed E-state index contributed by atoms with van der Waals surface area (Å²) in [5.74, 6) is 0.284. The lowest BCUT2D eigenvalue weighted by Gasteiger charge is -2.34. The fourth-order valence-electron chi connectivity index (χ4n) is 4.14. The number of benzene rings is 2. The molecular formula is C28H29N7O. The summed E-state index contributed by atoms with van der Waals surface area (Å²) < 4.78 is 0. The third-order valence-corrected chi connectivity index (χ3v) is 6.35. The number of aryl methyl sites for hydroxylation is 1. The van der Waals surface area contributed by atoms with E-state index >= 15 is 0 Å². The first-order chi connectivity index (χ1) is 17.5. The third kappa shape index (κ3) is 5.50. The fourth-order valence-corrected chi connectivity index (χ4v) is 4.14. The topological polar surface area (TPSA) is 86.3 Å². The first-order valence-corrected chi connectivity index (χ1v) is 12.0. The zero-order chi connectivity index (χ0) is 24.9. The van der Waals surface area contributed by atoms with Gasteiger partial charge in [0.15, 0.2) is 0 Å². The Labute approximate surface area is 211 Å². The van der Waals surface area contributed by atoms with Crippen LogP contribution in [-0.4, -0.2) is 59.0 Å². The Hall–Kier alpha value is -4.30. The second kappa shape index (κ2) is 10.5. The Morgan fingerprint density at radius 3 is 2.50 bits per heavy atom. The number of rotatable bonds is 6. The molecule has 0 spiro atoms. The van der Waals surface area contributed by atoms with Crippen molar-refractivity contribution < 1.29 is 4.79 Å². The lowest BCUT2D eigenvalue weighted by Crippen LogP contribution is -2.44. The number of carbonyl (C=O) groups excluding carboxylic acids is 1. The van der Waals surface area contributed by atoms with Crippen molar-refractivity contribution in [1.82, 2.24) is 19.9 Å². The van der Waals surface area contributed by atoms with Gasteiger partial charge in [-0.15, -0.1) is 0 Å². The van der Waals surface area contributed by atoms with E-state index in [-0.39, 0.29) is 5.91 Å². The number of nitrogens with zero attached hydrogens (tertiary/aromatic N) is 5. The standard InChI is InChI=1S/C28H29N7O/c1-20-5-6-21(18-26(20)33-28-30-13-11-25(32-28)22-4-3-12-29-19-22)27(36)31-23-7-9-24(10-8-23)35-16-14-34(2)15-17-35/h3-13,18-19H,14-17H2,1-2H3,(H,31,36)(H,30,32,33). The zero-order valence-corrected chi connectivity index (χ0v) is 20.5. The largest absolute Gasteiger partial charge is 0.369 e. The Morgan fingerprint density at radius 2 is 1.75 bits per heavy atom. The molecule has 182 valence electrons. The van der Waals surface area contributed by atoms with Crippen LogP contribution in [0, 0.1) is 6.92 Å². The molecule has 2 aromatic heterocycles. The minimum absolute atomic E-state index is 0.171. The molecule has 0 unspecified atom stereocenters. The molecule has 0 aliphatic carbocycles. The van der Waals surface area contributed by atoms with E-state index in [1.54, 1.807) is 18.6 Å². The SMILES string of the molecule is Cc1ccc(C(=O)Nc2ccc(N3CCN(C)CC3)cc2)cc1Nc1nccc(-c2cccnc2)n1. The van der Waals surface area contributed by atoms with Crippen molar-refractivity contribution >= 4 is 28.9 Å². The van der Waals surface area contributed by atoms with Gasteiger partial charge < -0.3 is 20.4 Å². The average Bonchev–Trinajstić information content (AvgIpc) is 2.91. The van der Waals surface area contributed by atoms with Gasteiger partial charge in [0.05, 0.1) is 5.69 Å². The van der Waals surface area contributed by atoms with Gasteiger partial charge in [-0.3, -0.25) is 9.78 Å². The molecular weight excluding hydrogens is 450 g/mol. The molecule has 0 atom stereocenters. The van der Waals surface area contributed by atoms with E-state index < -0.39 is 0 Å². The smallest absolute Gasteiger partial charge is 0.255 e. The summed E-state index contributed by atoms with van der Waals surface area (Å²) in [6.07, 6.45) is 5.20. The highest BCUT2D eigenvalue weighted by molar-refractivity contribution is 6.05. The molecule has 4 aromatic rings. The number of aromatic nitrogens is 3. The van der Waals surface area contributed by atoms with Crippen molar-refractivity contribution in [2.45, 2.75) is 6.92 Å². The molecule has 0 bridgehead atoms. The molecule has 2 N–H and O–H groups in total. The van der Waals surface area contributed by atoms with Crippen LogP contribution in [0.15, 0.2) is 79.3 Å². The molecule has 0 radical (unpaired) electrons. The normalized spacial score (nSPS) is 13.9. The number of hydrogen-bond donors (Lipinski definition) is 2. The monoisotopic (exact) mass is 479 g/mol. The Morgan fingerprint density at radius 1 is 0.944 bits per heavy atom. The maximum Gasteiger partial charge on any atom is 0.255 e. The molecule has 1 aliphatic rings. The quantitative estimate of drug-likeness (QED) is 0.418. The second-order valence-corrected chi connectivity index (χ2v) is 8.95. The van der Waals surface area contributed by atoms with Gasteiger partial charge in [0.1, 0.15) is 0 Å². The number of hydrogen-bond acceptors (Lipinski definition) is 7. The average molecular weight is 480 g/mol. The maximum absolute atomic E-state index is 13.0. The number of piperazine rings is 1. The van der Waals surface area contributed by atoms with Gasteiger partial charge in [-0.25, -0.2) is 9.97 Å². The molecule has 5 rings (SSSR count). The highest BCUT2D eigenvalue weighted by Gasteiger charge is 2.15. The summed E-state index contributed by atoms with van der Waals surface area (Å²) >= 11 is 0. The van der Waals surface area contributed by atoms with Crippen molar-refractivity contribution in [1.29, 1.82) is 0 Å². The first-order valence-electron chi connectivity index (χ1n) is 12.0. The Balaban J connectivity index is 1.27. The van der Waals surface area contributed by atoms with Crippen molar-refractivity contribution in [3.05, 3.63) is 90.4 Å². The van der Waals surface area contributed by atoms with Crippen molar-refractivity contribution in [2.24, 2.45) is 0 Å². The molecule has 2 aromatic carbocycles. The molecule has 8 nitrogen and oxygen atoms in total. The first kappa shape index (κ1) is 23.4. The predicted octanol–water partition coefficient (Wildman–Crippen LogP) is 4.59. The fraction of sp³-hybridized carbons (Fsp3) is 0.214. The van der Waals surface area contributed by atoms with E-state index in [9.17, 15) is 4.79 Å². The van der Waals surface area contributed by atoms with Gasteiger partial charge in [-0.1, -0.05) is 6.07 Å². The zero-order valence-electron chi connectivity index (χ0n) is 20.5. The van der Waals surface area contributed by atoms with Gasteiger partial charge in [-0.05, 0) is 74.1 Å². The minimum atomic E-state index is -0.171. The summed E-state index contributed by atoms with van der Waals surface area (Å²) in [6, 6.07) is 19.3. The Kier molecular flexibility index (Phi) is 6.86. The summed E-state index contributed by atoms with van der Waals surface area (Å²) in [5, 5.41) is 6.26. The van der Waals surface area contributed by atoms with Gasteiger partial charge in [-0.2, -0.15) is 0 Å². The van der Waals surface area contributed by atoms with Crippen LogP contribution in [0.4, 0.5) is 23.0 Å².